The molecule has 0 spiro atoms. The summed E-state index contributed by atoms with van der Waals surface area (Å²) in [5.41, 5.74) is 6.34. The monoisotopic (exact) mass is 482 g/mol. The van der Waals surface area contributed by atoms with Crippen molar-refractivity contribution in [2.45, 2.75) is 43.8 Å². The maximum Gasteiger partial charge on any atom is 0.274 e. The molecule has 2 heterocycles. The van der Waals surface area contributed by atoms with E-state index in [0.29, 0.717) is 12.5 Å². The Morgan fingerprint density at radius 2 is 1.88 bits per heavy atom. The summed E-state index contributed by atoms with van der Waals surface area (Å²) in [5, 5.41) is 10.0. The largest absolute Gasteiger partial charge is 0.395 e. The molecule has 8 heteroatoms. The van der Waals surface area contributed by atoms with Gasteiger partial charge in [-0.3, -0.25) is 4.90 Å². The molecule has 1 unspecified atom stereocenters. The Labute approximate surface area is 202 Å². The van der Waals surface area contributed by atoms with Crippen LogP contribution in [0.3, 0.4) is 0 Å². The molecule has 7 nitrogen and oxygen atoms in total. The highest BCUT2D eigenvalue weighted by molar-refractivity contribution is 7.89. The third kappa shape index (κ3) is 5.10. The number of imidazole rings is 1. The van der Waals surface area contributed by atoms with E-state index in [1.807, 2.05) is 0 Å². The molecule has 0 radical (unpaired) electrons. The highest BCUT2D eigenvalue weighted by Gasteiger charge is 2.38. The Morgan fingerprint density at radius 3 is 2.56 bits per heavy atom. The van der Waals surface area contributed by atoms with Crippen molar-refractivity contribution in [3.63, 3.8) is 0 Å². The minimum atomic E-state index is -3.58. The molecule has 3 aromatic rings. The van der Waals surface area contributed by atoms with Gasteiger partial charge in [0.15, 0.2) is 0 Å². The van der Waals surface area contributed by atoms with Crippen LogP contribution in [-0.2, 0) is 17.1 Å². The number of aromatic nitrogens is 2. The van der Waals surface area contributed by atoms with Crippen molar-refractivity contribution in [3.8, 4) is 11.1 Å². The summed E-state index contributed by atoms with van der Waals surface area (Å²) in [7, 11) is -1.92. The standard InChI is InChI=1S/C26H34N4O3S/c1-19-7-6-8-23(20(19)2)21-9-11-22(12-10-21)24-17-30(25(24)18-31)15-5-4-13-28-34(32,33)26-27-14-16-29(26)3/h6-12,14,16,24-25,28,31H,4-5,13,15,17-18H2,1-3H3/t24?,25-/m1/s1. The maximum atomic E-state index is 12.3. The average Bonchev–Trinajstić information content (AvgIpc) is 3.24. The van der Waals surface area contributed by atoms with Crippen molar-refractivity contribution in [1.82, 2.24) is 19.2 Å². The lowest BCUT2D eigenvalue weighted by Crippen LogP contribution is -2.56. The fourth-order valence-corrected chi connectivity index (χ4v) is 5.93. The zero-order chi connectivity index (χ0) is 24.3. The van der Waals surface area contributed by atoms with Crippen LogP contribution in [0.5, 0.6) is 0 Å². The average molecular weight is 483 g/mol. The van der Waals surface area contributed by atoms with Gasteiger partial charge in [-0.15, -0.1) is 0 Å². The molecule has 1 saturated heterocycles. The predicted molar refractivity (Wildman–Crippen MR) is 134 cm³/mol. The maximum absolute atomic E-state index is 12.3. The summed E-state index contributed by atoms with van der Waals surface area (Å²) in [6.45, 7) is 6.54. The molecule has 0 saturated carbocycles. The van der Waals surface area contributed by atoms with Crippen molar-refractivity contribution >= 4 is 10.0 Å². The molecular formula is C26H34N4O3S. The number of unbranched alkanes of at least 4 members (excludes halogenated alkanes) is 1. The summed E-state index contributed by atoms with van der Waals surface area (Å²) in [6.07, 6.45) is 4.67. The zero-order valence-electron chi connectivity index (χ0n) is 20.1. The Hall–Kier alpha value is -2.52. The fraction of sp³-hybridized carbons (Fsp3) is 0.423. The van der Waals surface area contributed by atoms with Crippen molar-refractivity contribution < 1.29 is 13.5 Å². The highest BCUT2D eigenvalue weighted by Crippen LogP contribution is 2.35. The molecule has 182 valence electrons. The summed E-state index contributed by atoms with van der Waals surface area (Å²) in [6, 6.07) is 15.2. The molecule has 4 rings (SSSR count). The second-order valence-electron chi connectivity index (χ2n) is 9.15. The first kappa shape index (κ1) is 24.6. The smallest absolute Gasteiger partial charge is 0.274 e. The van der Waals surface area contributed by atoms with Crippen LogP contribution >= 0.6 is 0 Å². The summed E-state index contributed by atoms with van der Waals surface area (Å²) in [4.78, 5) is 6.19. The molecule has 0 aliphatic carbocycles. The number of nitrogens with zero attached hydrogens (tertiary/aromatic N) is 3. The Bertz CT molecular complexity index is 1220. The summed E-state index contributed by atoms with van der Waals surface area (Å²) in [5.74, 6) is 0.319. The molecule has 1 aromatic heterocycles. The topological polar surface area (TPSA) is 87.5 Å². The van der Waals surface area contributed by atoms with E-state index >= 15 is 0 Å². The normalized spacial score (nSPS) is 18.7. The van der Waals surface area contributed by atoms with Crippen LogP contribution in [0.2, 0.25) is 0 Å². The van der Waals surface area contributed by atoms with Crippen LogP contribution in [0, 0.1) is 13.8 Å². The number of nitrogens with one attached hydrogen (secondary N) is 1. The minimum absolute atomic E-state index is 0.0296. The van der Waals surface area contributed by atoms with E-state index in [0.717, 1.165) is 25.9 Å². The number of aliphatic hydroxyl groups excluding tert-OH is 1. The van der Waals surface area contributed by atoms with Gasteiger partial charge in [-0.05, 0) is 61.1 Å². The minimum Gasteiger partial charge on any atom is -0.395 e. The number of aliphatic hydroxyl groups is 1. The Balaban J connectivity index is 1.26. The quantitative estimate of drug-likeness (QED) is 0.433. The first-order chi connectivity index (χ1) is 16.3. The predicted octanol–water partition coefficient (Wildman–Crippen LogP) is 3.22. The molecule has 1 aliphatic heterocycles. The lowest BCUT2D eigenvalue weighted by Gasteiger charge is -2.48. The second-order valence-corrected chi connectivity index (χ2v) is 10.8. The number of hydrogen-bond donors (Lipinski definition) is 2. The van der Waals surface area contributed by atoms with Crippen LogP contribution in [0.4, 0.5) is 0 Å². The molecule has 2 atom stereocenters. The number of aryl methyl sites for hydroxylation is 2. The van der Waals surface area contributed by atoms with E-state index in [9.17, 15) is 13.5 Å². The summed E-state index contributed by atoms with van der Waals surface area (Å²) >= 11 is 0. The van der Waals surface area contributed by atoms with E-state index < -0.39 is 10.0 Å². The fourth-order valence-electron chi connectivity index (χ4n) is 4.75. The van der Waals surface area contributed by atoms with Crippen molar-refractivity contribution in [2.75, 3.05) is 26.2 Å². The molecule has 2 aromatic carbocycles. The van der Waals surface area contributed by atoms with Gasteiger partial charge < -0.3 is 9.67 Å². The van der Waals surface area contributed by atoms with Crippen LogP contribution in [0.15, 0.2) is 60.0 Å². The van der Waals surface area contributed by atoms with Crippen molar-refractivity contribution in [1.29, 1.82) is 0 Å². The van der Waals surface area contributed by atoms with E-state index in [-0.39, 0.29) is 17.8 Å². The van der Waals surface area contributed by atoms with E-state index in [4.69, 9.17) is 0 Å². The number of rotatable bonds is 10. The number of benzene rings is 2. The van der Waals surface area contributed by atoms with Crippen LogP contribution in [0.1, 0.15) is 35.4 Å². The Kier molecular flexibility index (Phi) is 7.52. The van der Waals surface area contributed by atoms with Gasteiger partial charge in [-0.1, -0.05) is 42.5 Å². The van der Waals surface area contributed by atoms with E-state index in [1.54, 1.807) is 13.2 Å². The van der Waals surface area contributed by atoms with Crippen LogP contribution < -0.4 is 4.72 Å². The van der Waals surface area contributed by atoms with Gasteiger partial charge in [0.25, 0.3) is 10.0 Å². The number of likely N-dealkylation sites (tertiary alicyclic amines) is 1. The van der Waals surface area contributed by atoms with Crippen molar-refractivity contribution in [2.24, 2.45) is 7.05 Å². The third-order valence-electron chi connectivity index (χ3n) is 6.99. The number of hydrogen-bond acceptors (Lipinski definition) is 5. The van der Waals surface area contributed by atoms with Gasteiger partial charge in [-0.25, -0.2) is 18.1 Å². The lowest BCUT2D eigenvalue weighted by atomic mass is 9.82. The van der Waals surface area contributed by atoms with Gasteiger partial charge in [0.2, 0.25) is 5.16 Å². The second kappa shape index (κ2) is 10.4. The molecule has 0 bridgehead atoms. The van der Waals surface area contributed by atoms with Gasteiger partial charge in [0, 0.05) is 44.5 Å². The molecule has 0 amide bonds. The lowest BCUT2D eigenvalue weighted by molar-refractivity contribution is 0.0161. The first-order valence-corrected chi connectivity index (χ1v) is 13.3. The van der Waals surface area contributed by atoms with Gasteiger partial charge >= 0.3 is 0 Å². The van der Waals surface area contributed by atoms with Gasteiger partial charge in [-0.2, -0.15) is 0 Å². The Morgan fingerprint density at radius 1 is 1.12 bits per heavy atom. The van der Waals surface area contributed by atoms with Crippen LogP contribution in [-0.4, -0.2) is 60.3 Å². The number of sulfonamides is 1. The first-order valence-electron chi connectivity index (χ1n) is 11.8. The molecular weight excluding hydrogens is 448 g/mol. The van der Waals surface area contributed by atoms with Crippen molar-refractivity contribution in [3.05, 3.63) is 71.5 Å². The van der Waals surface area contributed by atoms with Gasteiger partial charge in [0.05, 0.1) is 6.61 Å². The van der Waals surface area contributed by atoms with E-state index in [2.05, 4.69) is 70.9 Å². The summed E-state index contributed by atoms with van der Waals surface area (Å²) < 4.78 is 28.7. The SMILES string of the molecule is Cc1cccc(-c2ccc(C3CN(CCCCNS(=O)(=O)c4nccn4C)[C@@H]3CO)cc2)c1C. The molecule has 1 aliphatic rings. The molecule has 1 fully saturated rings. The van der Waals surface area contributed by atoms with Gasteiger partial charge in [0.1, 0.15) is 0 Å². The van der Waals surface area contributed by atoms with E-state index in [1.165, 1.54) is 38.6 Å². The molecule has 34 heavy (non-hydrogen) atoms. The van der Waals surface area contributed by atoms with Crippen LogP contribution in [0.25, 0.3) is 11.1 Å². The third-order valence-corrected chi connectivity index (χ3v) is 8.45. The zero-order valence-corrected chi connectivity index (χ0v) is 20.9. The highest BCUT2D eigenvalue weighted by atomic mass is 32.2. The molecule has 2 N–H and O–H groups in total.